The molecule has 1 aromatic carbocycles. The summed E-state index contributed by atoms with van der Waals surface area (Å²) in [6, 6.07) is 5.51. The van der Waals surface area contributed by atoms with Crippen molar-refractivity contribution in [3.05, 3.63) is 40.1 Å². The molecule has 0 spiro atoms. The number of rotatable bonds is 3. The summed E-state index contributed by atoms with van der Waals surface area (Å²) in [5, 5.41) is 6.73. The van der Waals surface area contributed by atoms with Gasteiger partial charge in [-0.2, -0.15) is 0 Å². The van der Waals surface area contributed by atoms with Gasteiger partial charge in [-0.05, 0) is 34.1 Å². The number of nitrogens with one attached hydrogen (secondary N) is 2. The number of hydrogen-bond donors (Lipinski definition) is 2. The highest BCUT2D eigenvalue weighted by molar-refractivity contribution is 9.10. The Morgan fingerprint density at radius 1 is 1.24 bits per heavy atom. The van der Waals surface area contributed by atoms with E-state index in [0.29, 0.717) is 16.7 Å². The van der Waals surface area contributed by atoms with Gasteiger partial charge in [0.1, 0.15) is 5.82 Å². The van der Waals surface area contributed by atoms with Crippen molar-refractivity contribution in [3.63, 3.8) is 0 Å². The van der Waals surface area contributed by atoms with Crippen LogP contribution in [0.3, 0.4) is 0 Å². The van der Waals surface area contributed by atoms with Crippen LogP contribution in [-0.4, -0.2) is 17.0 Å². The molecule has 6 heteroatoms. The predicted molar refractivity (Wildman–Crippen MR) is 74.0 cm³/mol. The number of hydrogen-bond acceptors (Lipinski definition) is 4. The van der Waals surface area contributed by atoms with Crippen LogP contribution >= 0.6 is 27.5 Å². The minimum absolute atomic E-state index is 0.653. The lowest BCUT2D eigenvalue weighted by atomic mass is 10.3. The lowest BCUT2D eigenvalue weighted by molar-refractivity contribution is 1.18. The van der Waals surface area contributed by atoms with Gasteiger partial charge in [-0.15, -0.1) is 0 Å². The fraction of sp³-hybridized carbons (Fsp3) is 0.0909. The zero-order chi connectivity index (χ0) is 12.3. The van der Waals surface area contributed by atoms with E-state index in [0.717, 1.165) is 10.2 Å². The molecular weight excluding hydrogens is 304 g/mol. The van der Waals surface area contributed by atoms with Crippen molar-refractivity contribution in [3.8, 4) is 0 Å². The molecule has 1 heterocycles. The Morgan fingerprint density at radius 2 is 2.00 bits per heavy atom. The Labute approximate surface area is 113 Å². The Hall–Kier alpha value is -1.33. The molecule has 0 radical (unpaired) electrons. The summed E-state index contributed by atoms with van der Waals surface area (Å²) >= 11 is 9.37. The molecule has 88 valence electrons. The monoisotopic (exact) mass is 312 g/mol. The molecule has 0 amide bonds. The maximum atomic E-state index is 5.93. The first-order valence-electron chi connectivity index (χ1n) is 4.91. The average Bonchev–Trinajstić information content (AvgIpc) is 2.34. The van der Waals surface area contributed by atoms with Crippen molar-refractivity contribution in [2.75, 3.05) is 17.7 Å². The highest BCUT2D eigenvalue weighted by Crippen LogP contribution is 2.28. The van der Waals surface area contributed by atoms with Gasteiger partial charge < -0.3 is 10.6 Å². The lowest BCUT2D eigenvalue weighted by Crippen LogP contribution is -1.99. The number of halogens is 2. The van der Waals surface area contributed by atoms with Crippen LogP contribution < -0.4 is 10.6 Å². The van der Waals surface area contributed by atoms with Crippen molar-refractivity contribution in [2.24, 2.45) is 0 Å². The molecule has 2 N–H and O–H groups in total. The van der Waals surface area contributed by atoms with Crippen LogP contribution in [0.2, 0.25) is 5.02 Å². The second kappa shape index (κ2) is 5.33. The molecule has 0 fully saturated rings. The summed E-state index contributed by atoms with van der Waals surface area (Å²) in [7, 11) is 1.79. The fourth-order valence-corrected chi connectivity index (χ4v) is 1.80. The smallest absolute Gasteiger partial charge is 0.151 e. The number of nitrogens with zero attached hydrogens (tertiary/aromatic N) is 2. The van der Waals surface area contributed by atoms with E-state index in [9.17, 15) is 0 Å². The van der Waals surface area contributed by atoms with E-state index in [1.165, 1.54) is 0 Å². The summed E-state index contributed by atoms with van der Waals surface area (Å²) in [5.41, 5.74) is 0.847. The van der Waals surface area contributed by atoms with Crippen LogP contribution in [0.4, 0.5) is 17.3 Å². The van der Waals surface area contributed by atoms with Gasteiger partial charge in [-0.3, -0.25) is 4.98 Å². The van der Waals surface area contributed by atoms with Gasteiger partial charge >= 0.3 is 0 Å². The molecule has 0 aliphatic heterocycles. The number of aromatic nitrogens is 2. The lowest BCUT2D eigenvalue weighted by Gasteiger charge is -2.08. The van der Waals surface area contributed by atoms with Crippen LogP contribution in [0.1, 0.15) is 0 Å². The maximum absolute atomic E-state index is 5.93. The van der Waals surface area contributed by atoms with Gasteiger partial charge in [0.15, 0.2) is 5.82 Å². The minimum Gasteiger partial charge on any atom is -0.372 e. The first kappa shape index (κ1) is 12.1. The number of benzene rings is 1. The fourth-order valence-electron chi connectivity index (χ4n) is 1.28. The van der Waals surface area contributed by atoms with Gasteiger partial charge in [0.2, 0.25) is 0 Å². The summed E-state index contributed by atoms with van der Waals surface area (Å²) in [6.45, 7) is 0. The van der Waals surface area contributed by atoms with Crippen LogP contribution in [0.5, 0.6) is 0 Å². The second-order valence-corrected chi connectivity index (χ2v) is 4.58. The largest absolute Gasteiger partial charge is 0.372 e. The second-order valence-electron chi connectivity index (χ2n) is 3.29. The molecule has 0 unspecified atom stereocenters. The van der Waals surface area contributed by atoms with E-state index in [2.05, 4.69) is 36.5 Å². The Bertz CT molecular complexity index is 533. The predicted octanol–water partition coefficient (Wildman–Crippen LogP) is 3.68. The van der Waals surface area contributed by atoms with E-state index in [4.69, 9.17) is 11.6 Å². The molecule has 0 saturated heterocycles. The molecule has 1 aromatic heterocycles. The highest BCUT2D eigenvalue weighted by atomic mass is 79.9. The topological polar surface area (TPSA) is 49.8 Å². The zero-order valence-electron chi connectivity index (χ0n) is 9.04. The van der Waals surface area contributed by atoms with Crippen molar-refractivity contribution < 1.29 is 0 Å². The molecule has 0 bridgehead atoms. The molecule has 4 nitrogen and oxygen atoms in total. The van der Waals surface area contributed by atoms with Crippen molar-refractivity contribution >= 4 is 44.9 Å². The van der Waals surface area contributed by atoms with Crippen molar-refractivity contribution in [1.82, 2.24) is 9.97 Å². The molecule has 0 atom stereocenters. The van der Waals surface area contributed by atoms with E-state index >= 15 is 0 Å². The molecule has 0 aliphatic carbocycles. The molecule has 2 rings (SSSR count). The molecule has 0 saturated carbocycles. The normalized spacial score (nSPS) is 10.1. The SMILES string of the molecule is CNc1cncc(Nc2cc(Cl)ccc2Br)n1. The first-order valence-corrected chi connectivity index (χ1v) is 6.08. The van der Waals surface area contributed by atoms with Crippen molar-refractivity contribution in [1.29, 1.82) is 0 Å². The molecule has 0 aliphatic rings. The van der Waals surface area contributed by atoms with Gasteiger partial charge in [0.25, 0.3) is 0 Å². The van der Waals surface area contributed by atoms with E-state index in [1.54, 1.807) is 19.4 Å². The Balaban J connectivity index is 2.27. The average molecular weight is 314 g/mol. The molecule has 2 aromatic rings. The summed E-state index contributed by atoms with van der Waals surface area (Å²) < 4.78 is 0.915. The Morgan fingerprint density at radius 3 is 2.76 bits per heavy atom. The number of anilines is 3. The summed E-state index contributed by atoms with van der Waals surface area (Å²) in [5.74, 6) is 1.35. The van der Waals surface area contributed by atoms with Gasteiger partial charge in [0.05, 0.1) is 18.1 Å². The first-order chi connectivity index (χ1) is 8.19. The van der Waals surface area contributed by atoms with E-state index in [1.807, 2.05) is 18.2 Å². The quantitative estimate of drug-likeness (QED) is 0.907. The van der Waals surface area contributed by atoms with Crippen LogP contribution in [-0.2, 0) is 0 Å². The minimum atomic E-state index is 0.653. The third kappa shape index (κ3) is 3.08. The maximum Gasteiger partial charge on any atom is 0.151 e. The molecular formula is C11H10BrClN4. The van der Waals surface area contributed by atoms with Crippen LogP contribution in [0, 0.1) is 0 Å². The standard InChI is InChI=1S/C11H10BrClN4/c1-14-10-5-15-6-11(17-10)16-9-4-7(13)2-3-8(9)12/h2-6H,1H3,(H2,14,16,17). The van der Waals surface area contributed by atoms with Crippen LogP contribution in [0.15, 0.2) is 35.1 Å². The summed E-state index contributed by atoms with van der Waals surface area (Å²) in [4.78, 5) is 8.38. The Kier molecular flexibility index (Phi) is 3.81. The van der Waals surface area contributed by atoms with Gasteiger partial charge in [0, 0.05) is 16.5 Å². The van der Waals surface area contributed by atoms with Crippen molar-refractivity contribution in [2.45, 2.75) is 0 Å². The zero-order valence-corrected chi connectivity index (χ0v) is 11.4. The van der Waals surface area contributed by atoms with Crippen LogP contribution in [0.25, 0.3) is 0 Å². The molecule has 17 heavy (non-hydrogen) atoms. The van der Waals surface area contributed by atoms with E-state index < -0.39 is 0 Å². The van der Waals surface area contributed by atoms with E-state index in [-0.39, 0.29) is 0 Å². The third-order valence-corrected chi connectivity index (χ3v) is 3.01. The van der Waals surface area contributed by atoms with Gasteiger partial charge in [-0.1, -0.05) is 11.6 Å². The highest BCUT2D eigenvalue weighted by Gasteiger charge is 2.03. The third-order valence-electron chi connectivity index (χ3n) is 2.08. The van der Waals surface area contributed by atoms with Gasteiger partial charge in [-0.25, -0.2) is 4.98 Å². The summed E-state index contributed by atoms with van der Waals surface area (Å²) in [6.07, 6.45) is 3.30.